The van der Waals surface area contributed by atoms with Crippen molar-refractivity contribution in [2.45, 2.75) is 6.54 Å². The molecule has 2 aromatic carbocycles. The van der Waals surface area contributed by atoms with Gasteiger partial charge in [0.05, 0.1) is 12.3 Å². The van der Waals surface area contributed by atoms with Gasteiger partial charge in [0.2, 0.25) is 11.8 Å². The lowest BCUT2D eigenvalue weighted by molar-refractivity contribution is -0.144. The van der Waals surface area contributed by atoms with Gasteiger partial charge in [-0.25, -0.2) is 4.79 Å². The summed E-state index contributed by atoms with van der Waals surface area (Å²) in [6.45, 7) is 0.337. The number of carbonyl (C=O) groups is 3. The Balaban J connectivity index is 2.04. The largest absolute Gasteiger partial charge is 0.332 e. The Kier molecular flexibility index (Phi) is 4.93. The molecule has 0 aliphatic carbocycles. The molecule has 132 valence electrons. The van der Waals surface area contributed by atoms with E-state index in [1.165, 1.54) is 14.1 Å². The van der Waals surface area contributed by atoms with Crippen molar-refractivity contribution in [3.05, 3.63) is 71.8 Å². The second-order valence-corrected chi connectivity index (χ2v) is 6.06. The number of carbonyl (C=O) groups excluding carboxylic acids is 3. The van der Waals surface area contributed by atoms with Crippen molar-refractivity contribution >= 4 is 23.6 Å². The standard InChI is InChI=1S/C20H19N3O3/c1-22-18(24)16(19(25)23(2)20(22)26)17(15-11-7-4-8-12-15)21-13-14-9-5-3-6-10-14/h3-12,16H,13H2,1-2H3. The Bertz CT molecular complexity index is 838. The number of benzene rings is 2. The fraction of sp³-hybridized carbons (Fsp3) is 0.200. The van der Waals surface area contributed by atoms with Gasteiger partial charge in [0, 0.05) is 14.1 Å². The first-order chi connectivity index (χ1) is 12.5. The molecule has 1 heterocycles. The molecule has 6 nitrogen and oxygen atoms in total. The summed E-state index contributed by atoms with van der Waals surface area (Å²) in [7, 11) is 2.75. The molecule has 0 spiro atoms. The van der Waals surface area contributed by atoms with E-state index in [0.29, 0.717) is 17.8 Å². The van der Waals surface area contributed by atoms with E-state index in [1.807, 2.05) is 48.5 Å². The average molecular weight is 349 g/mol. The van der Waals surface area contributed by atoms with Crippen LogP contribution in [-0.4, -0.2) is 47.5 Å². The summed E-state index contributed by atoms with van der Waals surface area (Å²) in [5.41, 5.74) is 2.02. The molecule has 2 aromatic rings. The predicted octanol–water partition coefficient (Wildman–Crippen LogP) is 2.34. The first kappa shape index (κ1) is 17.5. The molecule has 26 heavy (non-hydrogen) atoms. The topological polar surface area (TPSA) is 70.1 Å². The van der Waals surface area contributed by atoms with Crippen LogP contribution < -0.4 is 0 Å². The van der Waals surface area contributed by atoms with Crippen molar-refractivity contribution in [1.82, 2.24) is 9.80 Å². The number of imide groups is 2. The molecule has 6 heteroatoms. The molecule has 0 radical (unpaired) electrons. The van der Waals surface area contributed by atoms with Crippen LogP contribution in [0.15, 0.2) is 65.7 Å². The smallest absolute Gasteiger partial charge is 0.283 e. The van der Waals surface area contributed by atoms with E-state index in [0.717, 1.165) is 15.4 Å². The summed E-state index contributed by atoms with van der Waals surface area (Å²) < 4.78 is 0. The third-order valence-electron chi connectivity index (χ3n) is 4.35. The summed E-state index contributed by atoms with van der Waals surface area (Å²) in [5, 5.41) is 0. The van der Waals surface area contributed by atoms with Crippen LogP contribution >= 0.6 is 0 Å². The third-order valence-corrected chi connectivity index (χ3v) is 4.35. The van der Waals surface area contributed by atoms with Crippen LogP contribution in [-0.2, 0) is 16.1 Å². The summed E-state index contributed by atoms with van der Waals surface area (Å²) in [4.78, 5) is 43.9. The molecule has 1 saturated heterocycles. The van der Waals surface area contributed by atoms with Crippen molar-refractivity contribution < 1.29 is 14.4 Å². The highest BCUT2D eigenvalue weighted by Gasteiger charge is 2.45. The number of barbiturate groups is 1. The zero-order valence-electron chi connectivity index (χ0n) is 14.6. The van der Waals surface area contributed by atoms with Gasteiger partial charge in [-0.2, -0.15) is 0 Å². The van der Waals surface area contributed by atoms with E-state index in [-0.39, 0.29) is 0 Å². The third kappa shape index (κ3) is 3.26. The van der Waals surface area contributed by atoms with Crippen molar-refractivity contribution in [2.24, 2.45) is 10.9 Å². The number of hydrogen-bond acceptors (Lipinski definition) is 4. The number of urea groups is 1. The van der Waals surface area contributed by atoms with Gasteiger partial charge in [-0.05, 0) is 11.1 Å². The number of amides is 4. The van der Waals surface area contributed by atoms with Crippen LogP contribution in [0.4, 0.5) is 4.79 Å². The van der Waals surface area contributed by atoms with Crippen LogP contribution in [0.2, 0.25) is 0 Å². The maximum Gasteiger partial charge on any atom is 0.332 e. The second kappa shape index (κ2) is 7.31. The molecule has 3 rings (SSSR count). The predicted molar refractivity (Wildman–Crippen MR) is 97.6 cm³/mol. The van der Waals surface area contributed by atoms with Gasteiger partial charge in [-0.3, -0.25) is 24.4 Å². The SMILES string of the molecule is CN1C(=O)C(C(=NCc2ccccc2)c2ccccc2)C(=O)N(C)C1=O. The van der Waals surface area contributed by atoms with Crippen LogP contribution in [0.25, 0.3) is 0 Å². The molecule has 1 aliphatic heterocycles. The Hall–Kier alpha value is -3.28. The molecule has 0 unspecified atom stereocenters. The fourth-order valence-corrected chi connectivity index (χ4v) is 2.86. The summed E-state index contributed by atoms with van der Waals surface area (Å²) >= 11 is 0. The summed E-state index contributed by atoms with van der Waals surface area (Å²) in [6, 6.07) is 18.1. The number of rotatable bonds is 4. The van der Waals surface area contributed by atoms with E-state index >= 15 is 0 Å². The molecule has 0 saturated carbocycles. The Morgan fingerprint density at radius 3 is 1.88 bits per heavy atom. The van der Waals surface area contributed by atoms with Gasteiger partial charge in [0.1, 0.15) is 0 Å². The highest BCUT2D eigenvalue weighted by molar-refractivity contribution is 6.30. The van der Waals surface area contributed by atoms with Gasteiger partial charge < -0.3 is 0 Å². The van der Waals surface area contributed by atoms with E-state index in [4.69, 9.17) is 0 Å². The van der Waals surface area contributed by atoms with E-state index in [1.54, 1.807) is 12.1 Å². The maximum atomic E-state index is 12.7. The minimum Gasteiger partial charge on any atom is -0.283 e. The Morgan fingerprint density at radius 2 is 1.35 bits per heavy atom. The first-order valence-corrected chi connectivity index (χ1v) is 8.23. The lowest BCUT2D eigenvalue weighted by atomic mass is 9.92. The summed E-state index contributed by atoms with van der Waals surface area (Å²) in [5.74, 6) is -2.25. The van der Waals surface area contributed by atoms with Gasteiger partial charge in [-0.1, -0.05) is 60.7 Å². The minimum atomic E-state index is -1.13. The molecule has 4 amide bonds. The normalized spacial score (nSPS) is 16.4. The van der Waals surface area contributed by atoms with Crippen LogP contribution in [0.5, 0.6) is 0 Å². The van der Waals surface area contributed by atoms with Crippen LogP contribution in [0.3, 0.4) is 0 Å². The molecule has 1 fully saturated rings. The van der Waals surface area contributed by atoms with Crippen LogP contribution in [0, 0.1) is 5.92 Å². The Morgan fingerprint density at radius 1 is 0.846 bits per heavy atom. The second-order valence-electron chi connectivity index (χ2n) is 6.06. The van der Waals surface area contributed by atoms with Crippen molar-refractivity contribution in [2.75, 3.05) is 14.1 Å². The number of hydrogen-bond donors (Lipinski definition) is 0. The monoisotopic (exact) mass is 349 g/mol. The highest BCUT2D eigenvalue weighted by Crippen LogP contribution is 2.21. The fourth-order valence-electron chi connectivity index (χ4n) is 2.86. The lowest BCUT2D eigenvalue weighted by Gasteiger charge is -2.33. The molecular weight excluding hydrogens is 330 g/mol. The molecule has 0 atom stereocenters. The zero-order valence-corrected chi connectivity index (χ0v) is 14.6. The van der Waals surface area contributed by atoms with Gasteiger partial charge in [0.15, 0.2) is 5.92 Å². The van der Waals surface area contributed by atoms with Gasteiger partial charge in [0.25, 0.3) is 0 Å². The quantitative estimate of drug-likeness (QED) is 0.628. The van der Waals surface area contributed by atoms with Crippen molar-refractivity contribution in [3.8, 4) is 0 Å². The molecule has 0 N–H and O–H groups in total. The maximum absolute atomic E-state index is 12.7. The van der Waals surface area contributed by atoms with Gasteiger partial charge in [-0.15, -0.1) is 0 Å². The number of nitrogens with zero attached hydrogens (tertiary/aromatic N) is 3. The van der Waals surface area contributed by atoms with Crippen molar-refractivity contribution in [3.63, 3.8) is 0 Å². The Labute approximate surface area is 151 Å². The lowest BCUT2D eigenvalue weighted by Crippen LogP contribution is -2.59. The minimum absolute atomic E-state index is 0.337. The molecule has 0 aromatic heterocycles. The van der Waals surface area contributed by atoms with Gasteiger partial charge >= 0.3 is 6.03 Å². The molecule has 0 bridgehead atoms. The van der Waals surface area contributed by atoms with Crippen LogP contribution in [0.1, 0.15) is 11.1 Å². The van der Waals surface area contributed by atoms with E-state index in [2.05, 4.69) is 4.99 Å². The molecule has 1 aliphatic rings. The molecular formula is C20H19N3O3. The number of aliphatic imine (C=N–C) groups is 1. The van der Waals surface area contributed by atoms with Crippen molar-refractivity contribution in [1.29, 1.82) is 0 Å². The van der Waals surface area contributed by atoms with E-state index < -0.39 is 23.8 Å². The highest BCUT2D eigenvalue weighted by atomic mass is 16.2. The zero-order chi connectivity index (χ0) is 18.7. The first-order valence-electron chi connectivity index (χ1n) is 8.23. The van der Waals surface area contributed by atoms with E-state index in [9.17, 15) is 14.4 Å². The average Bonchev–Trinajstić information content (AvgIpc) is 2.69. The summed E-state index contributed by atoms with van der Waals surface area (Å²) in [6.07, 6.45) is 0.